The molecule has 0 aliphatic carbocycles. The van der Waals surface area contributed by atoms with E-state index in [0.717, 1.165) is 36.4 Å². The Balaban J connectivity index is 0.00000323. The van der Waals surface area contributed by atoms with Crippen LogP contribution in [0.25, 0.3) is 0 Å². The summed E-state index contributed by atoms with van der Waals surface area (Å²) in [5, 5.41) is 60.7. The van der Waals surface area contributed by atoms with E-state index in [-0.39, 0.29) is 121 Å². The first-order valence-corrected chi connectivity index (χ1v) is 14.1. The van der Waals surface area contributed by atoms with Crippen molar-refractivity contribution in [3.8, 4) is 23.0 Å². The Kier molecular flexibility index (Phi) is 13.0. The summed E-state index contributed by atoms with van der Waals surface area (Å²) in [5.41, 5.74) is -0.489. The molecule has 0 spiro atoms. The van der Waals surface area contributed by atoms with Crippen molar-refractivity contribution in [2.24, 2.45) is 20.5 Å². The number of aromatic hydroxyl groups is 2. The zero-order valence-corrected chi connectivity index (χ0v) is 29.2. The van der Waals surface area contributed by atoms with E-state index in [9.17, 15) is 46.4 Å². The molecule has 0 unspecified atom stereocenters. The van der Waals surface area contributed by atoms with Gasteiger partial charge in [0.25, 0.3) is 20.2 Å². The van der Waals surface area contributed by atoms with Crippen LogP contribution in [0, 0.1) is 0 Å². The van der Waals surface area contributed by atoms with Crippen LogP contribution in [0.4, 0.5) is 22.7 Å². The molecule has 0 fully saturated rings. The first kappa shape index (κ1) is 36.9. The van der Waals surface area contributed by atoms with Crippen molar-refractivity contribution in [1.82, 2.24) is 0 Å². The van der Waals surface area contributed by atoms with Gasteiger partial charge in [0.2, 0.25) is 0 Å². The molecule has 0 radical (unpaired) electrons. The molecule has 43 heavy (non-hydrogen) atoms. The van der Waals surface area contributed by atoms with Crippen molar-refractivity contribution in [2.45, 2.75) is 16.2 Å². The van der Waals surface area contributed by atoms with Crippen molar-refractivity contribution < 1.29 is 127 Å². The topological polar surface area (TPSA) is 245 Å². The van der Waals surface area contributed by atoms with Gasteiger partial charge in [0.15, 0.2) is 0 Å². The summed E-state index contributed by atoms with van der Waals surface area (Å²) in [6.07, 6.45) is -0.204. The fourth-order valence-corrected chi connectivity index (χ4v) is 4.58. The standard InChI is InChI=1S/C25H20N4O10S2.K.Na/c30-20-9-7-14(22(24(20)32)28-26-16-3-1-5-18(12-16)40(34,35)36)11-15-8-10-21(31)25(33)23(15)29-27-17-4-2-6-19(13-17)41(37,38)39;;/h1-10,12-13,30-33H,11H2,(H,34,35,36)(H,37,38,39);;/q;2*+1/p-2. The Morgan fingerprint density at radius 3 is 1.33 bits per heavy atom. The summed E-state index contributed by atoms with van der Waals surface area (Å²) >= 11 is 0. The number of azo groups is 2. The summed E-state index contributed by atoms with van der Waals surface area (Å²) in [6.45, 7) is 0. The maximum absolute atomic E-state index is 12.7. The molecule has 0 amide bonds. The number of phenolic OH excluding ortho intramolecular Hbond substituents is 2. The number of benzene rings is 4. The minimum absolute atomic E-state index is 0. The van der Waals surface area contributed by atoms with Gasteiger partial charge in [0.05, 0.1) is 32.5 Å². The summed E-state index contributed by atoms with van der Waals surface area (Å²) in [6, 6.07) is 14.4. The Morgan fingerprint density at radius 1 is 0.605 bits per heavy atom. The first-order valence-electron chi connectivity index (χ1n) is 11.3. The van der Waals surface area contributed by atoms with Gasteiger partial charge in [-0.15, -0.1) is 0 Å². The molecular formula is C25H18KN4NaO10S2. The molecule has 212 valence electrons. The maximum Gasteiger partial charge on any atom is 1.00 e. The van der Waals surface area contributed by atoms with Crippen LogP contribution in [-0.4, -0.2) is 36.2 Å². The van der Waals surface area contributed by atoms with E-state index >= 15 is 0 Å². The predicted octanol–water partition coefficient (Wildman–Crippen LogP) is -1.83. The van der Waals surface area contributed by atoms with Gasteiger partial charge in [0, 0.05) is 6.42 Å². The van der Waals surface area contributed by atoms with Crippen molar-refractivity contribution >= 4 is 43.0 Å². The Morgan fingerprint density at radius 2 is 0.977 bits per heavy atom. The molecule has 0 bridgehead atoms. The van der Waals surface area contributed by atoms with Crippen LogP contribution < -0.4 is 91.2 Å². The first-order chi connectivity index (χ1) is 19.2. The van der Waals surface area contributed by atoms with Crippen LogP contribution in [0.3, 0.4) is 0 Å². The Hall–Kier alpha value is -2.26. The third-order valence-corrected chi connectivity index (χ3v) is 7.23. The number of hydrogen-bond donors (Lipinski definition) is 4. The van der Waals surface area contributed by atoms with E-state index in [1.165, 1.54) is 36.4 Å². The average Bonchev–Trinajstić information content (AvgIpc) is 2.91. The molecule has 0 aromatic heterocycles. The second kappa shape index (κ2) is 15.1. The maximum atomic E-state index is 12.7. The SMILES string of the molecule is O=S(=O)(O)c1cccc(N=Nc2c(Cc3ccc(O)c([O-])c3N=Nc3cccc(S(=O)(=O)O)c3)ccc(O)c2[O-])c1.[K+].[Na+]. The van der Waals surface area contributed by atoms with Gasteiger partial charge in [-0.3, -0.25) is 9.11 Å². The Bertz CT molecular complexity index is 1800. The fraction of sp³-hybridized carbons (Fsp3) is 0.0400. The normalized spacial score (nSPS) is 11.8. The van der Waals surface area contributed by atoms with Gasteiger partial charge < -0.3 is 20.4 Å². The zero-order chi connectivity index (χ0) is 29.9. The van der Waals surface area contributed by atoms with Gasteiger partial charge in [-0.2, -0.15) is 37.3 Å². The number of nitrogens with zero attached hydrogens (tertiary/aromatic N) is 4. The number of hydrogen-bond acceptors (Lipinski definition) is 12. The van der Waals surface area contributed by atoms with E-state index in [1.54, 1.807) is 0 Å². The smallest absolute Gasteiger partial charge is 0.868 e. The minimum atomic E-state index is -4.53. The van der Waals surface area contributed by atoms with E-state index in [1.807, 2.05) is 0 Å². The van der Waals surface area contributed by atoms with Crippen LogP contribution >= 0.6 is 0 Å². The zero-order valence-electron chi connectivity index (χ0n) is 22.5. The molecule has 0 aliphatic rings. The summed E-state index contributed by atoms with van der Waals surface area (Å²) in [7, 11) is -9.07. The largest absolute Gasteiger partial charge is 1.00 e. The molecule has 4 aromatic rings. The monoisotopic (exact) mass is 660 g/mol. The van der Waals surface area contributed by atoms with Crippen molar-refractivity contribution in [2.75, 3.05) is 0 Å². The van der Waals surface area contributed by atoms with Crippen molar-refractivity contribution in [1.29, 1.82) is 0 Å². The van der Waals surface area contributed by atoms with Crippen LogP contribution in [0.15, 0.2) is 103 Å². The average molecular weight is 661 g/mol. The molecule has 0 atom stereocenters. The molecule has 0 aliphatic heterocycles. The molecule has 14 nitrogen and oxygen atoms in total. The second-order valence-corrected chi connectivity index (χ2v) is 11.2. The molecule has 18 heteroatoms. The molecule has 0 saturated heterocycles. The molecule has 0 heterocycles. The van der Waals surface area contributed by atoms with E-state index in [2.05, 4.69) is 20.5 Å². The van der Waals surface area contributed by atoms with E-state index in [4.69, 9.17) is 0 Å². The van der Waals surface area contributed by atoms with E-state index < -0.39 is 53.0 Å². The Labute approximate surface area is 310 Å². The van der Waals surface area contributed by atoms with Crippen LogP contribution in [0.1, 0.15) is 11.1 Å². The summed E-state index contributed by atoms with van der Waals surface area (Å²) < 4.78 is 64.1. The summed E-state index contributed by atoms with van der Waals surface area (Å²) in [4.78, 5) is -0.923. The minimum Gasteiger partial charge on any atom is -0.868 e. The predicted molar refractivity (Wildman–Crippen MR) is 139 cm³/mol. The van der Waals surface area contributed by atoms with Crippen molar-refractivity contribution in [3.63, 3.8) is 0 Å². The van der Waals surface area contributed by atoms with Crippen LogP contribution in [-0.2, 0) is 26.7 Å². The summed E-state index contributed by atoms with van der Waals surface area (Å²) in [5.74, 6) is -3.18. The van der Waals surface area contributed by atoms with Crippen LogP contribution in [0.2, 0.25) is 0 Å². The van der Waals surface area contributed by atoms with Gasteiger partial charge >= 0.3 is 80.9 Å². The number of phenols is 2. The van der Waals surface area contributed by atoms with Crippen molar-refractivity contribution in [3.05, 3.63) is 83.9 Å². The quantitative estimate of drug-likeness (QED) is 0.0935. The van der Waals surface area contributed by atoms with Gasteiger partial charge in [0.1, 0.15) is 11.5 Å². The molecule has 0 saturated carbocycles. The third kappa shape index (κ3) is 9.36. The molecular weight excluding hydrogens is 643 g/mol. The van der Waals surface area contributed by atoms with Gasteiger partial charge in [-0.1, -0.05) is 24.3 Å². The molecule has 4 N–H and O–H groups in total. The van der Waals surface area contributed by atoms with Gasteiger partial charge in [-0.25, -0.2) is 0 Å². The van der Waals surface area contributed by atoms with Crippen LogP contribution in [0.5, 0.6) is 23.0 Å². The fourth-order valence-electron chi connectivity index (χ4n) is 3.54. The van der Waals surface area contributed by atoms with E-state index in [0.29, 0.717) is 0 Å². The number of rotatable bonds is 8. The third-order valence-electron chi connectivity index (χ3n) is 5.53. The molecule has 4 aromatic carbocycles. The van der Waals surface area contributed by atoms with Gasteiger partial charge in [-0.05, 0) is 71.2 Å². The molecule has 4 rings (SSSR count). The second-order valence-electron chi connectivity index (χ2n) is 8.36.